The first kappa shape index (κ1) is 17.3. The molecule has 1 aliphatic rings. The number of rotatable bonds is 3. The summed E-state index contributed by atoms with van der Waals surface area (Å²) in [4.78, 5) is 24.0. The number of urea groups is 1. The largest absolute Gasteiger partial charge is 0.459 e. The average Bonchev–Trinajstić information content (AvgIpc) is 2.87. The van der Waals surface area contributed by atoms with Crippen molar-refractivity contribution in [3.63, 3.8) is 0 Å². The maximum absolute atomic E-state index is 12.4. The number of carbonyl (C=O) groups excluding carboxylic acids is 2. The fourth-order valence-electron chi connectivity index (χ4n) is 3.47. The first-order valence-electron chi connectivity index (χ1n) is 8.64. The molecule has 0 bridgehead atoms. The van der Waals surface area contributed by atoms with Crippen LogP contribution < -0.4 is 16.0 Å². The minimum absolute atomic E-state index is 0.0229. The zero-order valence-corrected chi connectivity index (χ0v) is 15.1. The molecule has 1 aliphatic heterocycles. The molecule has 0 saturated carbocycles. The Balaban J connectivity index is 1.68. The summed E-state index contributed by atoms with van der Waals surface area (Å²) in [6, 6.07) is 7.20. The number of benzene rings is 1. The van der Waals surface area contributed by atoms with E-state index in [0.29, 0.717) is 12.8 Å². The third-order valence-electron chi connectivity index (χ3n) is 4.92. The number of piperidine rings is 1. The van der Waals surface area contributed by atoms with Gasteiger partial charge in [-0.15, -0.1) is 0 Å². The number of nitrogens with one attached hydrogen (secondary N) is 3. The van der Waals surface area contributed by atoms with Crippen molar-refractivity contribution in [1.29, 1.82) is 0 Å². The highest BCUT2D eigenvalue weighted by Gasteiger charge is 2.36. The molecule has 0 aliphatic carbocycles. The zero-order valence-electron chi connectivity index (χ0n) is 15.1. The molecule has 3 N–H and O–H groups in total. The molecular weight excluding hydrogens is 318 g/mol. The number of para-hydroxylation sites is 1. The van der Waals surface area contributed by atoms with Crippen molar-refractivity contribution in [2.45, 2.75) is 58.2 Å². The summed E-state index contributed by atoms with van der Waals surface area (Å²) in [5, 5.41) is 9.90. The van der Waals surface area contributed by atoms with E-state index in [9.17, 15) is 9.59 Å². The minimum atomic E-state index is -0.467. The van der Waals surface area contributed by atoms with E-state index < -0.39 is 5.54 Å². The van der Waals surface area contributed by atoms with Gasteiger partial charge in [0, 0.05) is 17.4 Å². The number of fused-ring (bicyclic) bond motifs is 1. The summed E-state index contributed by atoms with van der Waals surface area (Å²) in [7, 11) is 0. The van der Waals surface area contributed by atoms with Crippen molar-refractivity contribution in [3.8, 4) is 0 Å². The molecule has 2 atom stereocenters. The second-order valence-electron chi connectivity index (χ2n) is 7.29. The number of amides is 3. The maximum atomic E-state index is 12.4. The average molecular weight is 343 g/mol. The summed E-state index contributed by atoms with van der Waals surface area (Å²) < 4.78 is 5.91. The van der Waals surface area contributed by atoms with Crippen molar-refractivity contribution >= 4 is 22.9 Å². The Hall–Kier alpha value is -2.50. The molecule has 2 heterocycles. The number of aryl methyl sites for hydroxylation is 1. The van der Waals surface area contributed by atoms with E-state index in [1.54, 1.807) is 0 Å². The van der Waals surface area contributed by atoms with Gasteiger partial charge in [-0.05, 0) is 40.2 Å². The molecule has 1 saturated heterocycles. The Morgan fingerprint density at radius 2 is 2.08 bits per heavy atom. The quantitative estimate of drug-likeness (QED) is 0.800. The Labute approximate surface area is 147 Å². The van der Waals surface area contributed by atoms with Crippen molar-refractivity contribution in [1.82, 2.24) is 16.0 Å². The summed E-state index contributed by atoms with van der Waals surface area (Å²) >= 11 is 0. The molecule has 2 aromatic rings. The van der Waals surface area contributed by atoms with Crippen LogP contribution in [0.25, 0.3) is 11.0 Å². The Kier molecular flexibility index (Phi) is 4.45. The molecule has 3 rings (SSSR count). The lowest BCUT2D eigenvalue weighted by molar-refractivity contribution is -0.125. The predicted molar refractivity (Wildman–Crippen MR) is 96.3 cm³/mol. The SMILES string of the molecule is Cc1c([C@H](C)NC(=O)NC2CCC(=O)NC2(C)C)oc2ccccc12. The number of carbonyl (C=O) groups is 2. The van der Waals surface area contributed by atoms with Gasteiger partial charge in [-0.25, -0.2) is 4.79 Å². The highest BCUT2D eigenvalue weighted by molar-refractivity contribution is 5.83. The Bertz CT molecular complexity index is 809. The van der Waals surface area contributed by atoms with Crippen LogP contribution in [0.5, 0.6) is 0 Å². The van der Waals surface area contributed by atoms with Gasteiger partial charge in [-0.3, -0.25) is 4.79 Å². The van der Waals surface area contributed by atoms with Gasteiger partial charge < -0.3 is 20.4 Å². The van der Waals surface area contributed by atoms with Gasteiger partial charge in [0.2, 0.25) is 5.91 Å². The fourth-order valence-corrected chi connectivity index (χ4v) is 3.47. The first-order valence-corrected chi connectivity index (χ1v) is 8.64. The van der Waals surface area contributed by atoms with Crippen LogP contribution in [-0.4, -0.2) is 23.5 Å². The van der Waals surface area contributed by atoms with E-state index in [0.717, 1.165) is 22.3 Å². The topological polar surface area (TPSA) is 83.4 Å². The van der Waals surface area contributed by atoms with E-state index in [1.807, 2.05) is 52.0 Å². The van der Waals surface area contributed by atoms with Crippen molar-refractivity contribution in [2.75, 3.05) is 0 Å². The summed E-state index contributed by atoms with van der Waals surface area (Å²) in [6.07, 6.45) is 1.05. The first-order chi connectivity index (χ1) is 11.8. The highest BCUT2D eigenvalue weighted by Crippen LogP contribution is 2.29. The van der Waals surface area contributed by atoms with Crippen LogP contribution in [-0.2, 0) is 4.79 Å². The van der Waals surface area contributed by atoms with Gasteiger partial charge in [-0.2, -0.15) is 0 Å². The Morgan fingerprint density at radius 1 is 1.36 bits per heavy atom. The lowest BCUT2D eigenvalue weighted by atomic mass is 9.87. The van der Waals surface area contributed by atoms with Gasteiger partial charge in [0.15, 0.2) is 0 Å². The van der Waals surface area contributed by atoms with Crippen LogP contribution in [0.3, 0.4) is 0 Å². The number of hydrogen-bond donors (Lipinski definition) is 3. The molecule has 0 spiro atoms. The van der Waals surface area contributed by atoms with Gasteiger partial charge in [-0.1, -0.05) is 18.2 Å². The molecule has 6 nitrogen and oxygen atoms in total. The van der Waals surface area contributed by atoms with Crippen molar-refractivity contribution in [2.24, 2.45) is 0 Å². The monoisotopic (exact) mass is 343 g/mol. The lowest BCUT2D eigenvalue weighted by Gasteiger charge is -2.39. The van der Waals surface area contributed by atoms with Crippen LogP contribution in [0.1, 0.15) is 51.0 Å². The third kappa shape index (κ3) is 3.48. The highest BCUT2D eigenvalue weighted by atomic mass is 16.3. The molecule has 1 unspecified atom stereocenters. The Morgan fingerprint density at radius 3 is 2.76 bits per heavy atom. The van der Waals surface area contributed by atoms with Crippen LogP contribution in [0.15, 0.2) is 28.7 Å². The molecule has 134 valence electrons. The summed E-state index contributed by atoms with van der Waals surface area (Å²) in [5.74, 6) is 0.780. The van der Waals surface area contributed by atoms with Crippen molar-refractivity contribution < 1.29 is 14.0 Å². The van der Waals surface area contributed by atoms with Gasteiger partial charge in [0.25, 0.3) is 0 Å². The molecule has 3 amide bonds. The van der Waals surface area contributed by atoms with E-state index in [4.69, 9.17) is 4.42 Å². The summed E-state index contributed by atoms with van der Waals surface area (Å²) in [5.41, 5.74) is 1.39. The molecule has 1 aromatic carbocycles. The third-order valence-corrected chi connectivity index (χ3v) is 4.92. The van der Waals surface area contributed by atoms with Crippen LogP contribution in [0.4, 0.5) is 4.79 Å². The van der Waals surface area contributed by atoms with Gasteiger partial charge in [0.1, 0.15) is 11.3 Å². The maximum Gasteiger partial charge on any atom is 0.315 e. The second kappa shape index (κ2) is 6.43. The fraction of sp³-hybridized carbons (Fsp3) is 0.474. The molecular formula is C19H25N3O3. The predicted octanol–water partition coefficient (Wildman–Crippen LogP) is 3.16. The standard InChI is InChI=1S/C19H25N3O3/c1-11-13-7-5-6-8-14(13)25-17(11)12(2)20-18(24)21-15-9-10-16(23)22-19(15,3)4/h5-8,12,15H,9-10H2,1-4H3,(H,22,23)(H2,20,21,24)/t12-,15?/m0/s1. The number of furan rings is 1. The normalized spacial score (nSPS) is 20.8. The second-order valence-corrected chi connectivity index (χ2v) is 7.29. The number of hydrogen-bond acceptors (Lipinski definition) is 3. The molecule has 0 radical (unpaired) electrons. The van der Waals surface area contributed by atoms with Crippen LogP contribution >= 0.6 is 0 Å². The molecule has 6 heteroatoms. The van der Waals surface area contributed by atoms with Crippen LogP contribution in [0.2, 0.25) is 0 Å². The molecule has 25 heavy (non-hydrogen) atoms. The molecule has 1 aromatic heterocycles. The van der Waals surface area contributed by atoms with E-state index >= 15 is 0 Å². The lowest BCUT2D eigenvalue weighted by Crippen LogP contribution is -2.63. The van der Waals surface area contributed by atoms with Gasteiger partial charge >= 0.3 is 6.03 Å². The minimum Gasteiger partial charge on any atom is -0.459 e. The smallest absolute Gasteiger partial charge is 0.315 e. The van der Waals surface area contributed by atoms with Gasteiger partial charge in [0.05, 0.1) is 17.6 Å². The van der Waals surface area contributed by atoms with E-state index in [1.165, 1.54) is 0 Å². The summed E-state index contributed by atoms with van der Waals surface area (Å²) in [6.45, 7) is 7.73. The van der Waals surface area contributed by atoms with Crippen molar-refractivity contribution in [3.05, 3.63) is 35.6 Å². The molecule has 1 fully saturated rings. The van der Waals surface area contributed by atoms with E-state index in [-0.39, 0.29) is 24.0 Å². The van der Waals surface area contributed by atoms with Crippen LogP contribution in [0, 0.1) is 6.92 Å². The zero-order chi connectivity index (χ0) is 18.2. The van der Waals surface area contributed by atoms with E-state index in [2.05, 4.69) is 16.0 Å².